The van der Waals surface area contributed by atoms with E-state index in [1.54, 1.807) is 0 Å². The van der Waals surface area contributed by atoms with E-state index in [9.17, 15) is 0 Å². The summed E-state index contributed by atoms with van der Waals surface area (Å²) in [6.45, 7) is 4.58. The van der Waals surface area contributed by atoms with Crippen molar-refractivity contribution in [1.82, 2.24) is 4.57 Å². The highest BCUT2D eigenvalue weighted by Crippen LogP contribution is 2.42. The maximum Gasteiger partial charge on any atom is 0.0541 e. The Labute approximate surface area is 382 Å². The third kappa shape index (κ3) is 7.66. The highest BCUT2D eigenvalue weighted by molar-refractivity contribution is 6.10. The second-order valence-electron chi connectivity index (χ2n) is 17.2. The first-order valence-corrected chi connectivity index (χ1v) is 22.9. The van der Waals surface area contributed by atoms with Gasteiger partial charge < -0.3 is 4.57 Å². The van der Waals surface area contributed by atoms with Crippen LogP contribution < -0.4 is 0 Å². The summed E-state index contributed by atoms with van der Waals surface area (Å²) in [4.78, 5) is 0. The molecule has 0 saturated carbocycles. The summed E-state index contributed by atoms with van der Waals surface area (Å²) in [7, 11) is 0. The van der Waals surface area contributed by atoms with Crippen molar-refractivity contribution < 1.29 is 0 Å². The fourth-order valence-electron chi connectivity index (χ4n) is 9.96. The molecule has 0 N–H and O–H groups in total. The normalized spacial score (nSPS) is 11.8. The molecule has 1 atom stereocenters. The van der Waals surface area contributed by atoms with Crippen LogP contribution in [0.4, 0.5) is 0 Å². The molecule has 1 unspecified atom stereocenters. The number of hydrogen-bond acceptors (Lipinski definition) is 0. The number of hydrogen-bond donors (Lipinski definition) is 0. The highest BCUT2D eigenvalue weighted by atomic mass is 15.0. The van der Waals surface area contributed by atoms with Crippen molar-refractivity contribution in [1.29, 1.82) is 0 Å². The van der Waals surface area contributed by atoms with E-state index >= 15 is 0 Å². The molecule has 11 rings (SSSR count). The Hall–Kier alpha value is -8.00. The van der Waals surface area contributed by atoms with Crippen LogP contribution in [0, 0.1) is 6.92 Å². The molecule has 1 aromatic heterocycles. The number of aryl methyl sites for hydroxylation is 1. The van der Waals surface area contributed by atoms with Gasteiger partial charge >= 0.3 is 0 Å². The van der Waals surface area contributed by atoms with Crippen LogP contribution in [0.15, 0.2) is 243 Å². The summed E-state index contributed by atoms with van der Waals surface area (Å²) >= 11 is 0. The van der Waals surface area contributed by atoms with E-state index in [2.05, 4.69) is 261 Å². The zero-order valence-corrected chi connectivity index (χ0v) is 36.8. The number of nitrogens with zero attached hydrogens (tertiary/aromatic N) is 1. The molecule has 0 fully saturated rings. The minimum absolute atomic E-state index is 0.204. The van der Waals surface area contributed by atoms with E-state index in [1.807, 2.05) is 0 Å². The van der Waals surface area contributed by atoms with Crippen molar-refractivity contribution in [2.45, 2.75) is 26.2 Å². The lowest BCUT2D eigenvalue weighted by Crippen LogP contribution is -2.04. The van der Waals surface area contributed by atoms with Gasteiger partial charge in [0, 0.05) is 22.4 Å². The molecule has 10 aromatic carbocycles. The third-order valence-corrected chi connectivity index (χ3v) is 13.3. The summed E-state index contributed by atoms with van der Waals surface area (Å²) in [6, 6.07) is 89.2. The molecular weight excluding hydrogens is 783 g/mol. The van der Waals surface area contributed by atoms with Crippen LogP contribution in [-0.2, 0) is 0 Å². The van der Waals surface area contributed by atoms with Crippen LogP contribution in [0.3, 0.4) is 0 Å². The first kappa shape index (κ1) is 39.8. The molecule has 65 heavy (non-hydrogen) atoms. The Morgan fingerprint density at radius 3 is 1.51 bits per heavy atom. The summed E-state index contributed by atoms with van der Waals surface area (Å²) in [6.07, 6.45) is 0.979. The lowest BCUT2D eigenvalue weighted by molar-refractivity contribution is 0.779. The van der Waals surface area contributed by atoms with E-state index in [0.717, 1.165) is 12.1 Å². The van der Waals surface area contributed by atoms with E-state index in [1.165, 1.54) is 105 Å². The smallest absolute Gasteiger partial charge is 0.0541 e. The standard InChI is InChI=1S/C64H49N/c1-3-57(55-39-53(46-20-9-5-10-21-46)38-54(40-55)47-22-11-6-12-23-47)58-26-13-14-27-59(58)61-42-51(31-30-44(61)2)52-36-37-64-62(43-52)60-28-15-16-29-63(60)65(64)56-25-17-24-50(41-56)49-34-32-48(33-35-49)45-18-7-4-8-19-45/h4-43,57H,3H2,1-2H3. The van der Waals surface area contributed by atoms with Gasteiger partial charge in [0.05, 0.1) is 11.0 Å². The fraction of sp³-hybridized carbons (Fsp3) is 0.0625. The lowest BCUT2D eigenvalue weighted by atomic mass is 9.81. The molecule has 0 bridgehead atoms. The molecule has 1 nitrogen and oxygen atoms in total. The molecule has 11 aromatic rings. The second-order valence-corrected chi connectivity index (χ2v) is 17.2. The van der Waals surface area contributed by atoms with Crippen LogP contribution in [0.5, 0.6) is 0 Å². The predicted molar refractivity (Wildman–Crippen MR) is 277 cm³/mol. The monoisotopic (exact) mass is 831 g/mol. The van der Waals surface area contributed by atoms with Gasteiger partial charge in [-0.3, -0.25) is 0 Å². The number of fused-ring (bicyclic) bond motifs is 3. The number of aromatic nitrogens is 1. The minimum atomic E-state index is 0.204. The molecular formula is C64H49N. The maximum atomic E-state index is 2.42. The van der Waals surface area contributed by atoms with Gasteiger partial charge in [0.2, 0.25) is 0 Å². The zero-order chi connectivity index (χ0) is 43.7. The van der Waals surface area contributed by atoms with Gasteiger partial charge in [-0.05, 0) is 139 Å². The molecule has 1 heteroatoms. The zero-order valence-electron chi connectivity index (χ0n) is 36.8. The summed E-state index contributed by atoms with van der Waals surface area (Å²) < 4.78 is 2.42. The fourth-order valence-corrected chi connectivity index (χ4v) is 9.96. The lowest BCUT2D eigenvalue weighted by Gasteiger charge is -2.23. The Kier molecular flexibility index (Phi) is 10.6. The van der Waals surface area contributed by atoms with Crippen molar-refractivity contribution in [3.05, 3.63) is 259 Å². The number of benzene rings is 10. The van der Waals surface area contributed by atoms with Crippen molar-refractivity contribution >= 4 is 21.8 Å². The van der Waals surface area contributed by atoms with Crippen LogP contribution in [0.1, 0.15) is 36.0 Å². The average molecular weight is 832 g/mol. The van der Waals surface area contributed by atoms with Crippen LogP contribution in [-0.4, -0.2) is 4.57 Å². The van der Waals surface area contributed by atoms with Crippen molar-refractivity contribution in [2.24, 2.45) is 0 Å². The van der Waals surface area contributed by atoms with Gasteiger partial charge in [-0.1, -0.05) is 207 Å². The topological polar surface area (TPSA) is 4.93 Å². The number of para-hydroxylation sites is 1. The average Bonchev–Trinajstić information content (AvgIpc) is 3.71. The molecule has 0 saturated heterocycles. The molecule has 0 aliphatic carbocycles. The highest BCUT2D eigenvalue weighted by Gasteiger charge is 2.21. The molecule has 0 amide bonds. The Balaban J connectivity index is 0.973. The third-order valence-electron chi connectivity index (χ3n) is 13.3. The molecule has 310 valence electrons. The molecule has 0 spiro atoms. The van der Waals surface area contributed by atoms with Crippen molar-refractivity contribution in [3.8, 4) is 72.4 Å². The number of rotatable bonds is 10. The Morgan fingerprint density at radius 2 is 0.831 bits per heavy atom. The SMILES string of the molecule is CCC(c1cc(-c2ccccc2)cc(-c2ccccc2)c1)c1ccccc1-c1cc(-c2ccc3c(c2)c2ccccc2n3-c2cccc(-c3ccc(-c4ccccc4)cc3)c2)ccc1C. The summed E-state index contributed by atoms with van der Waals surface area (Å²) in [5, 5.41) is 2.50. The van der Waals surface area contributed by atoms with Crippen LogP contribution in [0.25, 0.3) is 94.3 Å². The minimum Gasteiger partial charge on any atom is -0.309 e. The van der Waals surface area contributed by atoms with Crippen molar-refractivity contribution in [2.75, 3.05) is 0 Å². The molecule has 0 aliphatic heterocycles. The summed E-state index contributed by atoms with van der Waals surface area (Å²) in [5.41, 5.74) is 22.3. The van der Waals surface area contributed by atoms with Gasteiger partial charge in [0.1, 0.15) is 0 Å². The Morgan fingerprint density at radius 1 is 0.338 bits per heavy atom. The van der Waals surface area contributed by atoms with Gasteiger partial charge in [-0.2, -0.15) is 0 Å². The quantitative estimate of drug-likeness (QED) is 0.129. The van der Waals surface area contributed by atoms with E-state index in [4.69, 9.17) is 0 Å². The first-order valence-electron chi connectivity index (χ1n) is 22.9. The van der Waals surface area contributed by atoms with Gasteiger partial charge in [0.15, 0.2) is 0 Å². The second kappa shape index (κ2) is 17.3. The molecule has 0 aliphatic rings. The largest absolute Gasteiger partial charge is 0.309 e. The van der Waals surface area contributed by atoms with Crippen LogP contribution in [0.2, 0.25) is 0 Å². The maximum absolute atomic E-state index is 2.42. The summed E-state index contributed by atoms with van der Waals surface area (Å²) in [5.74, 6) is 0.204. The van der Waals surface area contributed by atoms with Gasteiger partial charge in [-0.25, -0.2) is 0 Å². The Bertz CT molecular complexity index is 3390. The van der Waals surface area contributed by atoms with E-state index in [0.29, 0.717) is 0 Å². The molecule has 1 heterocycles. The van der Waals surface area contributed by atoms with E-state index < -0.39 is 0 Å². The van der Waals surface area contributed by atoms with Gasteiger partial charge in [-0.15, -0.1) is 0 Å². The predicted octanol–water partition coefficient (Wildman–Crippen LogP) is 17.6. The van der Waals surface area contributed by atoms with Gasteiger partial charge in [0.25, 0.3) is 0 Å². The first-order chi connectivity index (χ1) is 32.1. The van der Waals surface area contributed by atoms with E-state index in [-0.39, 0.29) is 5.92 Å². The van der Waals surface area contributed by atoms with Crippen LogP contribution >= 0.6 is 0 Å². The van der Waals surface area contributed by atoms with Crippen molar-refractivity contribution in [3.63, 3.8) is 0 Å². The molecule has 0 radical (unpaired) electrons.